The Balaban J connectivity index is 2.17. The second kappa shape index (κ2) is 7.46. The van der Waals surface area contributed by atoms with E-state index in [1.165, 1.54) is 5.56 Å². The lowest BCUT2D eigenvalue weighted by Gasteiger charge is -2.11. The third kappa shape index (κ3) is 4.90. The van der Waals surface area contributed by atoms with Crippen LogP contribution in [0.2, 0.25) is 0 Å². The van der Waals surface area contributed by atoms with E-state index < -0.39 is 10.2 Å². The molecular formula is C17H25N3O3S. The Morgan fingerprint density at radius 3 is 2.46 bits per heavy atom. The molecule has 132 valence electrons. The number of aromatic amines is 1. The highest BCUT2D eigenvalue weighted by Gasteiger charge is 2.11. The van der Waals surface area contributed by atoms with Crippen LogP contribution in [0.3, 0.4) is 0 Å². The summed E-state index contributed by atoms with van der Waals surface area (Å²) in [5.74, 6) is 0.402. The summed E-state index contributed by atoms with van der Waals surface area (Å²) in [6.45, 7) is 7.90. The van der Waals surface area contributed by atoms with E-state index in [-0.39, 0.29) is 18.1 Å². The first-order valence-electron chi connectivity index (χ1n) is 8.10. The molecule has 1 aromatic heterocycles. The SMILES string of the molecule is CC(C)NS(=O)(=O)NCCc1cc2cc(C(C)C)ccc2[nH]c1=O. The van der Waals surface area contributed by atoms with Gasteiger partial charge in [0.05, 0.1) is 0 Å². The van der Waals surface area contributed by atoms with Crippen LogP contribution in [0.15, 0.2) is 29.1 Å². The Morgan fingerprint density at radius 1 is 1.12 bits per heavy atom. The van der Waals surface area contributed by atoms with Gasteiger partial charge in [-0.15, -0.1) is 0 Å². The van der Waals surface area contributed by atoms with Gasteiger partial charge in [-0.1, -0.05) is 19.9 Å². The van der Waals surface area contributed by atoms with E-state index in [1.807, 2.05) is 18.2 Å². The Bertz CT molecular complexity index is 870. The number of benzene rings is 1. The first-order chi connectivity index (χ1) is 11.2. The van der Waals surface area contributed by atoms with E-state index in [0.717, 1.165) is 10.9 Å². The van der Waals surface area contributed by atoms with Crippen molar-refractivity contribution in [2.75, 3.05) is 6.54 Å². The fourth-order valence-electron chi connectivity index (χ4n) is 2.49. The number of rotatable bonds is 7. The van der Waals surface area contributed by atoms with Crippen LogP contribution in [0.1, 0.15) is 44.7 Å². The molecule has 1 heterocycles. The van der Waals surface area contributed by atoms with Gasteiger partial charge in [-0.25, -0.2) is 4.72 Å². The van der Waals surface area contributed by atoms with Crippen LogP contribution in [0.4, 0.5) is 0 Å². The van der Waals surface area contributed by atoms with E-state index in [2.05, 4.69) is 34.3 Å². The molecule has 0 saturated carbocycles. The minimum atomic E-state index is -3.54. The molecule has 3 N–H and O–H groups in total. The zero-order valence-corrected chi connectivity index (χ0v) is 15.3. The number of nitrogens with one attached hydrogen (secondary N) is 3. The normalized spacial score (nSPS) is 12.4. The molecule has 0 amide bonds. The van der Waals surface area contributed by atoms with Crippen molar-refractivity contribution in [3.8, 4) is 0 Å². The van der Waals surface area contributed by atoms with Crippen LogP contribution in [-0.4, -0.2) is 26.0 Å². The molecule has 0 aliphatic carbocycles. The lowest BCUT2D eigenvalue weighted by molar-refractivity contribution is 0.555. The Morgan fingerprint density at radius 2 is 1.83 bits per heavy atom. The monoisotopic (exact) mass is 351 g/mol. The summed E-state index contributed by atoms with van der Waals surface area (Å²) >= 11 is 0. The summed E-state index contributed by atoms with van der Waals surface area (Å²) in [6.07, 6.45) is 0.330. The highest BCUT2D eigenvalue weighted by molar-refractivity contribution is 7.87. The molecule has 6 nitrogen and oxygen atoms in total. The fourth-order valence-corrected chi connectivity index (χ4v) is 3.56. The maximum absolute atomic E-state index is 12.1. The Kier molecular flexibility index (Phi) is 5.79. The van der Waals surface area contributed by atoms with Gasteiger partial charge in [-0.2, -0.15) is 13.1 Å². The molecule has 0 radical (unpaired) electrons. The summed E-state index contributed by atoms with van der Waals surface area (Å²) in [5, 5.41) is 0.957. The van der Waals surface area contributed by atoms with Crippen molar-refractivity contribution < 1.29 is 8.42 Å². The van der Waals surface area contributed by atoms with Crippen LogP contribution in [0.25, 0.3) is 10.9 Å². The minimum absolute atomic E-state index is 0.167. The number of aromatic nitrogens is 1. The number of H-pyrrole nitrogens is 1. The van der Waals surface area contributed by atoms with E-state index in [1.54, 1.807) is 13.8 Å². The molecule has 1 aromatic carbocycles. The van der Waals surface area contributed by atoms with E-state index in [0.29, 0.717) is 17.9 Å². The lowest BCUT2D eigenvalue weighted by Crippen LogP contribution is -2.41. The highest BCUT2D eigenvalue weighted by atomic mass is 32.2. The molecule has 0 fully saturated rings. The zero-order valence-electron chi connectivity index (χ0n) is 14.5. The number of hydrogen-bond acceptors (Lipinski definition) is 3. The van der Waals surface area contributed by atoms with Crippen molar-refractivity contribution in [2.24, 2.45) is 0 Å². The van der Waals surface area contributed by atoms with Gasteiger partial charge < -0.3 is 4.98 Å². The summed E-state index contributed by atoms with van der Waals surface area (Å²) in [7, 11) is -3.54. The van der Waals surface area contributed by atoms with Crippen molar-refractivity contribution in [3.05, 3.63) is 45.7 Å². The average molecular weight is 351 g/mol. The molecule has 0 aliphatic rings. The molecule has 0 spiro atoms. The molecule has 2 rings (SSSR count). The summed E-state index contributed by atoms with van der Waals surface area (Å²) in [6, 6.07) is 7.63. The first kappa shape index (κ1) is 18.6. The molecule has 0 aliphatic heterocycles. The topological polar surface area (TPSA) is 91.1 Å². The third-order valence-corrected chi connectivity index (χ3v) is 5.06. The van der Waals surface area contributed by atoms with Crippen LogP contribution in [0.5, 0.6) is 0 Å². The maximum atomic E-state index is 12.1. The van der Waals surface area contributed by atoms with Gasteiger partial charge in [-0.05, 0) is 55.3 Å². The lowest BCUT2D eigenvalue weighted by atomic mass is 10.0. The molecule has 0 unspecified atom stereocenters. The smallest absolute Gasteiger partial charge is 0.277 e. The highest BCUT2D eigenvalue weighted by Crippen LogP contribution is 2.20. The largest absolute Gasteiger partial charge is 0.322 e. The van der Waals surface area contributed by atoms with Gasteiger partial charge in [-0.3, -0.25) is 4.79 Å². The van der Waals surface area contributed by atoms with Crippen molar-refractivity contribution >= 4 is 21.1 Å². The molecular weight excluding hydrogens is 326 g/mol. The number of hydrogen-bond donors (Lipinski definition) is 3. The van der Waals surface area contributed by atoms with Gasteiger partial charge in [0.2, 0.25) is 0 Å². The molecule has 0 atom stereocenters. The average Bonchev–Trinajstić information content (AvgIpc) is 2.45. The maximum Gasteiger partial charge on any atom is 0.277 e. The Labute approximate surface area is 142 Å². The summed E-state index contributed by atoms with van der Waals surface area (Å²) < 4.78 is 28.4. The zero-order chi connectivity index (χ0) is 17.9. The molecule has 24 heavy (non-hydrogen) atoms. The predicted octanol–water partition coefficient (Wildman–Crippen LogP) is 2.03. The molecule has 0 saturated heterocycles. The van der Waals surface area contributed by atoms with Crippen LogP contribution < -0.4 is 15.0 Å². The van der Waals surface area contributed by atoms with E-state index in [4.69, 9.17) is 0 Å². The van der Waals surface area contributed by atoms with Crippen LogP contribution in [0, 0.1) is 0 Å². The van der Waals surface area contributed by atoms with E-state index in [9.17, 15) is 13.2 Å². The number of pyridine rings is 1. The van der Waals surface area contributed by atoms with Crippen LogP contribution >= 0.6 is 0 Å². The Hall–Kier alpha value is -1.70. The fraction of sp³-hybridized carbons (Fsp3) is 0.471. The van der Waals surface area contributed by atoms with Crippen LogP contribution in [-0.2, 0) is 16.6 Å². The molecule has 2 aromatic rings. The quantitative estimate of drug-likeness (QED) is 0.713. The standard InChI is InChI=1S/C17H25N3O3S/c1-11(2)13-5-6-16-15(9-13)10-14(17(21)19-16)7-8-18-24(22,23)20-12(3)4/h5-6,9-12,18,20H,7-8H2,1-4H3,(H,19,21). The van der Waals surface area contributed by atoms with Gasteiger partial charge in [0, 0.05) is 23.7 Å². The number of fused-ring (bicyclic) bond motifs is 1. The predicted molar refractivity (Wildman–Crippen MR) is 97.6 cm³/mol. The molecule has 0 bridgehead atoms. The van der Waals surface area contributed by atoms with Gasteiger partial charge >= 0.3 is 0 Å². The van der Waals surface area contributed by atoms with Crippen molar-refractivity contribution in [3.63, 3.8) is 0 Å². The van der Waals surface area contributed by atoms with Gasteiger partial charge in [0.15, 0.2) is 0 Å². The minimum Gasteiger partial charge on any atom is -0.322 e. The van der Waals surface area contributed by atoms with Gasteiger partial charge in [0.1, 0.15) is 0 Å². The summed E-state index contributed by atoms with van der Waals surface area (Å²) in [4.78, 5) is 15.0. The van der Waals surface area contributed by atoms with Crippen molar-refractivity contribution in [2.45, 2.75) is 46.1 Å². The second-order valence-corrected chi connectivity index (χ2v) is 8.08. The second-order valence-electron chi connectivity index (χ2n) is 6.55. The van der Waals surface area contributed by atoms with Gasteiger partial charge in [0.25, 0.3) is 15.8 Å². The van der Waals surface area contributed by atoms with E-state index >= 15 is 0 Å². The summed E-state index contributed by atoms with van der Waals surface area (Å²) in [5.41, 5.74) is 2.36. The third-order valence-electron chi connectivity index (χ3n) is 3.69. The first-order valence-corrected chi connectivity index (χ1v) is 9.59. The van der Waals surface area contributed by atoms with Crippen molar-refractivity contribution in [1.29, 1.82) is 0 Å². The van der Waals surface area contributed by atoms with Crippen molar-refractivity contribution in [1.82, 2.24) is 14.4 Å². The molecule has 7 heteroatoms.